The van der Waals surface area contributed by atoms with Gasteiger partial charge in [0.1, 0.15) is 0 Å². The predicted molar refractivity (Wildman–Crippen MR) is 85.4 cm³/mol. The molecule has 0 saturated carbocycles. The lowest BCUT2D eigenvalue weighted by Crippen LogP contribution is -2.30. The quantitative estimate of drug-likeness (QED) is 0.778. The summed E-state index contributed by atoms with van der Waals surface area (Å²) in [6.45, 7) is 2.49. The summed E-state index contributed by atoms with van der Waals surface area (Å²) in [5, 5.41) is 4.22. The van der Waals surface area contributed by atoms with E-state index in [-0.39, 0.29) is 5.75 Å². The van der Waals surface area contributed by atoms with Crippen LogP contribution in [0.2, 0.25) is 0 Å². The molecule has 108 valence electrons. The van der Waals surface area contributed by atoms with Crippen LogP contribution in [0, 0.1) is 0 Å². The van der Waals surface area contributed by atoms with Gasteiger partial charge in [-0.05, 0) is 35.0 Å². The number of nitrogens with zero attached hydrogens (tertiary/aromatic N) is 1. The minimum Gasteiger partial charge on any atom is -0.383 e. The first-order valence-corrected chi connectivity index (χ1v) is 8.72. The highest BCUT2D eigenvalue weighted by Gasteiger charge is 2.06. The third kappa shape index (κ3) is 3.68. The number of benzene rings is 1. The van der Waals surface area contributed by atoms with Gasteiger partial charge in [0.2, 0.25) is 10.0 Å². The molecule has 0 saturated heterocycles. The summed E-state index contributed by atoms with van der Waals surface area (Å²) in [7, 11) is -3.13. The van der Waals surface area contributed by atoms with Crippen LogP contribution >= 0.6 is 15.9 Å². The number of para-hydroxylation sites is 1. The van der Waals surface area contributed by atoms with Crippen molar-refractivity contribution in [3.63, 3.8) is 0 Å². The maximum absolute atomic E-state index is 11.3. The van der Waals surface area contributed by atoms with Crippen molar-refractivity contribution in [3.05, 3.63) is 34.9 Å². The molecular weight excluding hydrogens is 342 g/mol. The van der Waals surface area contributed by atoms with Gasteiger partial charge in [0, 0.05) is 34.8 Å². The zero-order valence-corrected chi connectivity index (χ0v) is 13.5. The molecule has 20 heavy (non-hydrogen) atoms. The molecule has 0 unspecified atom stereocenters. The van der Waals surface area contributed by atoms with E-state index in [1.165, 1.54) is 0 Å². The number of hydrogen-bond acceptors (Lipinski definition) is 4. The van der Waals surface area contributed by atoms with E-state index >= 15 is 0 Å². The van der Waals surface area contributed by atoms with Gasteiger partial charge in [-0.25, -0.2) is 13.1 Å². The molecular formula is C13H16BrN3O2S. The molecule has 0 amide bonds. The zero-order chi connectivity index (χ0) is 14.6. The van der Waals surface area contributed by atoms with Crippen LogP contribution in [0.5, 0.6) is 0 Å². The first-order valence-electron chi connectivity index (χ1n) is 6.28. The summed E-state index contributed by atoms with van der Waals surface area (Å²) in [6, 6.07) is 7.74. The molecule has 1 aromatic heterocycles. The molecule has 0 aliphatic heterocycles. The first kappa shape index (κ1) is 15.2. The molecule has 0 aliphatic rings. The van der Waals surface area contributed by atoms with E-state index in [9.17, 15) is 8.42 Å². The van der Waals surface area contributed by atoms with Gasteiger partial charge in [0.05, 0.1) is 11.3 Å². The fraction of sp³-hybridized carbons (Fsp3) is 0.308. The number of halogens is 1. The predicted octanol–water partition coefficient (Wildman–Crippen LogP) is 2.35. The van der Waals surface area contributed by atoms with Crippen LogP contribution in [-0.4, -0.2) is 32.2 Å². The molecule has 1 aromatic carbocycles. The summed E-state index contributed by atoms with van der Waals surface area (Å²) < 4.78 is 26.1. The van der Waals surface area contributed by atoms with Gasteiger partial charge in [0.15, 0.2) is 0 Å². The topological polar surface area (TPSA) is 71.1 Å². The molecule has 2 aromatic rings. The van der Waals surface area contributed by atoms with Crippen molar-refractivity contribution in [3.8, 4) is 0 Å². The van der Waals surface area contributed by atoms with Gasteiger partial charge < -0.3 is 5.32 Å². The molecule has 0 bridgehead atoms. The number of rotatable bonds is 6. The Hall–Kier alpha value is -1.18. The number of sulfonamides is 1. The van der Waals surface area contributed by atoms with Gasteiger partial charge in [-0.1, -0.05) is 12.1 Å². The van der Waals surface area contributed by atoms with Crippen molar-refractivity contribution in [2.75, 3.05) is 24.2 Å². The van der Waals surface area contributed by atoms with Gasteiger partial charge >= 0.3 is 0 Å². The Labute approximate surface area is 127 Å². The minimum atomic E-state index is -3.13. The van der Waals surface area contributed by atoms with E-state index in [1.807, 2.05) is 24.3 Å². The number of hydrogen-bond donors (Lipinski definition) is 2. The molecule has 7 heteroatoms. The van der Waals surface area contributed by atoms with Crippen LogP contribution in [0.4, 0.5) is 5.69 Å². The van der Waals surface area contributed by atoms with Gasteiger partial charge in [-0.3, -0.25) is 4.98 Å². The average molecular weight is 358 g/mol. The summed E-state index contributed by atoms with van der Waals surface area (Å²) in [6.07, 6.45) is 1.73. The lowest BCUT2D eigenvalue weighted by molar-refractivity contribution is 0.584. The molecule has 0 spiro atoms. The number of fused-ring (bicyclic) bond motifs is 1. The smallest absolute Gasteiger partial charge is 0.211 e. The van der Waals surface area contributed by atoms with E-state index in [2.05, 4.69) is 31.0 Å². The Balaban J connectivity index is 2.06. The van der Waals surface area contributed by atoms with Crippen LogP contribution in [0.1, 0.15) is 6.92 Å². The fourth-order valence-corrected chi connectivity index (χ4v) is 2.89. The van der Waals surface area contributed by atoms with Crippen molar-refractivity contribution in [2.45, 2.75) is 6.92 Å². The van der Waals surface area contributed by atoms with Gasteiger partial charge in [0.25, 0.3) is 0 Å². The summed E-state index contributed by atoms with van der Waals surface area (Å²) in [5.74, 6) is 0.0954. The third-order valence-electron chi connectivity index (χ3n) is 2.86. The second kappa shape index (κ2) is 6.51. The first-order chi connectivity index (χ1) is 9.53. The van der Waals surface area contributed by atoms with E-state index in [4.69, 9.17) is 0 Å². The van der Waals surface area contributed by atoms with Crippen molar-refractivity contribution >= 4 is 42.5 Å². The maximum Gasteiger partial charge on any atom is 0.211 e. The second-order valence-corrected chi connectivity index (χ2v) is 7.17. The number of nitrogens with one attached hydrogen (secondary N) is 2. The molecule has 0 atom stereocenters. The van der Waals surface area contributed by atoms with Crippen LogP contribution in [-0.2, 0) is 10.0 Å². The largest absolute Gasteiger partial charge is 0.383 e. The van der Waals surface area contributed by atoms with E-state index in [0.717, 1.165) is 21.1 Å². The highest BCUT2D eigenvalue weighted by Crippen LogP contribution is 2.26. The molecule has 1 heterocycles. The Morgan fingerprint density at radius 3 is 2.80 bits per heavy atom. The number of pyridine rings is 1. The van der Waals surface area contributed by atoms with Gasteiger partial charge in [-0.15, -0.1) is 0 Å². The van der Waals surface area contributed by atoms with Crippen LogP contribution < -0.4 is 10.0 Å². The molecule has 0 radical (unpaired) electrons. The second-order valence-electron chi connectivity index (χ2n) is 4.22. The van der Waals surface area contributed by atoms with Crippen LogP contribution in [0.3, 0.4) is 0 Å². The summed E-state index contributed by atoms with van der Waals surface area (Å²) in [4.78, 5) is 4.32. The van der Waals surface area contributed by atoms with E-state index < -0.39 is 10.0 Å². The highest BCUT2D eigenvalue weighted by atomic mass is 79.9. The number of aromatic nitrogens is 1. The SMILES string of the molecule is CCS(=O)(=O)NCCNc1ccnc2c(Br)cccc12. The van der Waals surface area contributed by atoms with E-state index in [0.29, 0.717) is 13.1 Å². The average Bonchev–Trinajstić information content (AvgIpc) is 2.44. The van der Waals surface area contributed by atoms with Crippen molar-refractivity contribution < 1.29 is 8.42 Å². The summed E-state index contributed by atoms with van der Waals surface area (Å²) >= 11 is 3.47. The van der Waals surface area contributed by atoms with Crippen molar-refractivity contribution in [1.29, 1.82) is 0 Å². The van der Waals surface area contributed by atoms with Crippen LogP contribution in [0.15, 0.2) is 34.9 Å². The fourth-order valence-electron chi connectivity index (χ4n) is 1.80. The lowest BCUT2D eigenvalue weighted by atomic mass is 10.2. The Morgan fingerprint density at radius 1 is 1.25 bits per heavy atom. The van der Waals surface area contributed by atoms with Crippen molar-refractivity contribution in [2.24, 2.45) is 0 Å². The minimum absolute atomic E-state index is 0.0954. The number of anilines is 1. The highest BCUT2D eigenvalue weighted by molar-refractivity contribution is 9.10. The maximum atomic E-state index is 11.3. The zero-order valence-electron chi connectivity index (χ0n) is 11.1. The Kier molecular flexibility index (Phi) is 4.95. The lowest BCUT2D eigenvalue weighted by Gasteiger charge is -2.10. The normalized spacial score (nSPS) is 11.7. The van der Waals surface area contributed by atoms with Crippen LogP contribution in [0.25, 0.3) is 10.9 Å². The molecule has 5 nitrogen and oxygen atoms in total. The van der Waals surface area contributed by atoms with E-state index in [1.54, 1.807) is 13.1 Å². The third-order valence-corrected chi connectivity index (χ3v) is 4.91. The molecule has 2 rings (SSSR count). The molecule has 0 aliphatic carbocycles. The Morgan fingerprint density at radius 2 is 2.05 bits per heavy atom. The Bertz CT molecular complexity index is 704. The standard InChI is InChI=1S/C13H16BrN3O2S/c1-2-20(18,19)17-9-8-15-12-6-7-16-13-10(12)4-3-5-11(13)14/h3-7,17H,2,8-9H2,1H3,(H,15,16). The van der Waals surface area contributed by atoms with Gasteiger partial charge in [-0.2, -0.15) is 0 Å². The molecule has 0 fully saturated rings. The summed E-state index contributed by atoms with van der Waals surface area (Å²) in [5.41, 5.74) is 1.82. The molecule has 2 N–H and O–H groups in total. The van der Waals surface area contributed by atoms with Crippen molar-refractivity contribution in [1.82, 2.24) is 9.71 Å². The monoisotopic (exact) mass is 357 g/mol.